The summed E-state index contributed by atoms with van der Waals surface area (Å²) in [5.74, 6) is 0.692. The van der Waals surface area contributed by atoms with Crippen LogP contribution in [0.3, 0.4) is 0 Å². The molecule has 8 nitrogen and oxygen atoms in total. The molecule has 1 aliphatic heterocycles. The van der Waals surface area contributed by atoms with Gasteiger partial charge in [0.1, 0.15) is 0 Å². The topological polar surface area (TPSA) is 130 Å². The molecule has 0 aromatic carbocycles. The quantitative estimate of drug-likeness (QED) is 0.183. The van der Waals surface area contributed by atoms with E-state index < -0.39 is 11.4 Å². The summed E-state index contributed by atoms with van der Waals surface area (Å²) in [7, 11) is 0. The fourth-order valence-corrected chi connectivity index (χ4v) is 9.45. The molecule has 8 heteroatoms. The lowest BCUT2D eigenvalue weighted by Crippen LogP contribution is -2.63. The van der Waals surface area contributed by atoms with Crippen molar-refractivity contribution in [1.82, 2.24) is 4.90 Å². The zero-order chi connectivity index (χ0) is 25.6. The SMILES string of the molecule is C[C@]12CCC(O)(OCCN3CCCC3)CC1CC[C@@H]1[C@H]2CC[C@]2(C)C(C/C=N\N=C(N)N)CC[C@@]12O. The Morgan fingerprint density at radius 3 is 2.53 bits per heavy atom. The number of hydrogen-bond acceptors (Lipinski definition) is 6. The number of hydrogen-bond donors (Lipinski definition) is 4. The molecule has 8 atom stereocenters. The maximum absolute atomic E-state index is 12.3. The van der Waals surface area contributed by atoms with Gasteiger partial charge in [-0.05, 0) is 112 Å². The Kier molecular flexibility index (Phi) is 7.20. The highest BCUT2D eigenvalue weighted by molar-refractivity contribution is 5.76. The van der Waals surface area contributed by atoms with E-state index >= 15 is 0 Å². The van der Waals surface area contributed by atoms with Crippen LogP contribution in [0.15, 0.2) is 10.2 Å². The molecule has 0 spiro atoms. The lowest BCUT2D eigenvalue weighted by molar-refractivity contribution is -0.270. The molecule has 0 radical (unpaired) electrons. The Balaban J connectivity index is 1.24. The van der Waals surface area contributed by atoms with E-state index in [4.69, 9.17) is 16.2 Å². The number of aliphatic hydroxyl groups is 2. The van der Waals surface area contributed by atoms with Crippen molar-refractivity contribution in [3.05, 3.63) is 0 Å². The molecule has 1 heterocycles. The average Bonchev–Trinajstić information content (AvgIpc) is 3.43. The largest absolute Gasteiger partial charge is 0.389 e. The second-order valence-electron chi connectivity index (χ2n) is 13.2. The van der Waals surface area contributed by atoms with Crippen molar-refractivity contribution in [2.45, 2.75) is 102 Å². The number of ether oxygens (including phenoxy) is 1. The minimum atomic E-state index is -0.982. The summed E-state index contributed by atoms with van der Waals surface area (Å²) < 4.78 is 6.17. The van der Waals surface area contributed by atoms with Gasteiger partial charge in [-0.2, -0.15) is 5.10 Å². The third-order valence-corrected chi connectivity index (χ3v) is 11.7. The number of nitrogens with zero attached hydrogens (tertiary/aromatic N) is 3. The van der Waals surface area contributed by atoms with E-state index in [9.17, 15) is 10.2 Å². The van der Waals surface area contributed by atoms with Gasteiger partial charge in [-0.25, -0.2) is 0 Å². The molecule has 4 aliphatic carbocycles. The first-order valence-electron chi connectivity index (χ1n) is 14.5. The standard InChI is InChI=1S/C28H49N5O3/c1-25-12-13-27(34,36-18-17-33-15-3-4-16-33)19-21(25)5-6-23-22(25)8-10-26(2)20(7-11-28(23,26)35)9-14-31-32-24(29)30/h14,20-23,34-35H,3-13,15-19H2,1-2H3,(H4,29,30,32)/b31-14-/t20?,21?,22-,23-,25+,26-,27?,28-/m1/s1. The lowest BCUT2D eigenvalue weighted by atomic mass is 9.43. The van der Waals surface area contributed by atoms with Crippen molar-refractivity contribution < 1.29 is 14.9 Å². The summed E-state index contributed by atoms with van der Waals surface area (Å²) in [6.07, 6.45) is 13.8. The predicted molar refractivity (Wildman–Crippen MR) is 142 cm³/mol. The van der Waals surface area contributed by atoms with Crippen molar-refractivity contribution in [2.24, 2.45) is 56.2 Å². The van der Waals surface area contributed by atoms with Crippen LogP contribution < -0.4 is 11.5 Å². The molecule has 5 aliphatic rings. The molecular weight excluding hydrogens is 454 g/mol. The summed E-state index contributed by atoms with van der Waals surface area (Å²) >= 11 is 0. The highest BCUT2D eigenvalue weighted by Gasteiger charge is 2.67. The van der Waals surface area contributed by atoms with Crippen LogP contribution in [0.5, 0.6) is 0 Å². The fraction of sp³-hybridized carbons (Fsp3) is 0.929. The highest BCUT2D eigenvalue weighted by Crippen LogP contribution is 2.69. The van der Waals surface area contributed by atoms with Gasteiger partial charge in [-0.1, -0.05) is 13.8 Å². The van der Waals surface area contributed by atoms with Crippen LogP contribution in [-0.2, 0) is 4.74 Å². The summed E-state index contributed by atoms with van der Waals surface area (Å²) in [6, 6.07) is 0. The predicted octanol–water partition coefficient (Wildman–Crippen LogP) is 3.21. The molecule has 0 aromatic heterocycles. The molecule has 3 unspecified atom stereocenters. The second kappa shape index (κ2) is 9.83. The van der Waals surface area contributed by atoms with Crippen LogP contribution in [-0.4, -0.2) is 64.9 Å². The van der Waals surface area contributed by atoms with Crippen molar-refractivity contribution in [3.8, 4) is 0 Å². The molecule has 0 amide bonds. The maximum atomic E-state index is 12.3. The molecule has 5 rings (SSSR count). The van der Waals surface area contributed by atoms with Crippen LogP contribution in [0.1, 0.15) is 90.9 Å². The van der Waals surface area contributed by atoms with Crippen LogP contribution in [0, 0.1) is 34.5 Å². The third-order valence-electron chi connectivity index (χ3n) is 11.7. The molecule has 0 aromatic rings. The van der Waals surface area contributed by atoms with Gasteiger partial charge in [-0.15, -0.1) is 5.10 Å². The minimum Gasteiger partial charge on any atom is -0.389 e. The van der Waals surface area contributed by atoms with E-state index in [0.717, 1.165) is 77.4 Å². The lowest BCUT2D eigenvalue weighted by Gasteiger charge is -2.64. The van der Waals surface area contributed by atoms with Crippen LogP contribution in [0.25, 0.3) is 0 Å². The van der Waals surface area contributed by atoms with Crippen LogP contribution in [0.2, 0.25) is 0 Å². The minimum absolute atomic E-state index is 0.0257. The van der Waals surface area contributed by atoms with E-state index in [1.807, 2.05) is 6.21 Å². The molecule has 204 valence electrons. The maximum Gasteiger partial charge on any atom is 0.211 e. The van der Waals surface area contributed by atoms with Crippen molar-refractivity contribution in [1.29, 1.82) is 0 Å². The Bertz CT molecular complexity index is 858. The zero-order valence-electron chi connectivity index (χ0n) is 22.5. The fourth-order valence-electron chi connectivity index (χ4n) is 9.45. The zero-order valence-corrected chi connectivity index (χ0v) is 22.5. The number of fused-ring (bicyclic) bond motifs is 5. The number of guanidine groups is 1. The Morgan fingerprint density at radius 1 is 1.00 bits per heavy atom. The summed E-state index contributed by atoms with van der Waals surface area (Å²) in [5.41, 5.74) is 10.2. The molecule has 5 fully saturated rings. The number of likely N-dealkylation sites (tertiary alicyclic amines) is 1. The van der Waals surface area contributed by atoms with Crippen molar-refractivity contribution in [3.63, 3.8) is 0 Å². The van der Waals surface area contributed by atoms with E-state index in [-0.39, 0.29) is 16.8 Å². The van der Waals surface area contributed by atoms with Gasteiger partial charge in [0.2, 0.25) is 5.96 Å². The molecule has 1 saturated heterocycles. The van der Waals surface area contributed by atoms with Gasteiger partial charge in [0.05, 0.1) is 12.2 Å². The van der Waals surface area contributed by atoms with E-state index in [2.05, 4.69) is 29.0 Å². The van der Waals surface area contributed by atoms with Crippen LogP contribution in [0.4, 0.5) is 0 Å². The molecule has 4 saturated carbocycles. The normalized spacial score (nSPS) is 46.9. The monoisotopic (exact) mass is 503 g/mol. The van der Waals surface area contributed by atoms with E-state index in [1.165, 1.54) is 12.8 Å². The van der Waals surface area contributed by atoms with Gasteiger partial charge >= 0.3 is 0 Å². The average molecular weight is 504 g/mol. The van der Waals surface area contributed by atoms with Gasteiger partial charge in [-0.3, -0.25) is 0 Å². The summed E-state index contributed by atoms with van der Waals surface area (Å²) in [6.45, 7) is 8.65. The first kappa shape index (κ1) is 26.4. The first-order chi connectivity index (χ1) is 17.1. The molecule has 0 bridgehead atoms. The van der Waals surface area contributed by atoms with Crippen LogP contribution >= 0.6 is 0 Å². The summed E-state index contributed by atoms with van der Waals surface area (Å²) in [4.78, 5) is 2.45. The van der Waals surface area contributed by atoms with Crippen molar-refractivity contribution >= 4 is 12.2 Å². The Labute approximate surface area is 216 Å². The summed E-state index contributed by atoms with van der Waals surface area (Å²) in [5, 5.41) is 31.5. The van der Waals surface area contributed by atoms with Gasteiger partial charge in [0, 0.05) is 25.6 Å². The Hall–Kier alpha value is -1.22. The van der Waals surface area contributed by atoms with Crippen molar-refractivity contribution in [2.75, 3.05) is 26.2 Å². The first-order valence-corrected chi connectivity index (χ1v) is 14.5. The molecule has 36 heavy (non-hydrogen) atoms. The third kappa shape index (κ3) is 4.50. The van der Waals surface area contributed by atoms with E-state index in [0.29, 0.717) is 36.7 Å². The molecule has 6 N–H and O–H groups in total. The van der Waals surface area contributed by atoms with Gasteiger partial charge in [0.15, 0.2) is 5.79 Å². The smallest absolute Gasteiger partial charge is 0.211 e. The van der Waals surface area contributed by atoms with E-state index in [1.54, 1.807) is 0 Å². The Morgan fingerprint density at radius 2 is 1.78 bits per heavy atom. The van der Waals surface area contributed by atoms with Gasteiger partial charge < -0.3 is 31.3 Å². The number of nitrogens with two attached hydrogens (primary N) is 2. The number of rotatable bonds is 7. The van der Waals surface area contributed by atoms with Gasteiger partial charge in [0.25, 0.3) is 0 Å². The highest BCUT2D eigenvalue weighted by atomic mass is 16.6. The molecular formula is C28H49N5O3. The second-order valence-corrected chi connectivity index (χ2v) is 13.2.